The number of fused-ring (bicyclic) bond motifs is 1. The van der Waals surface area contributed by atoms with Crippen LogP contribution in [-0.4, -0.2) is 89.1 Å². The van der Waals surface area contributed by atoms with E-state index in [-0.39, 0.29) is 25.0 Å². The second kappa shape index (κ2) is 15.6. The Labute approximate surface area is 281 Å². The third-order valence-corrected chi connectivity index (χ3v) is 12.1. The molecule has 4 N–H and O–H groups in total. The fourth-order valence-electron chi connectivity index (χ4n) is 6.99. The summed E-state index contributed by atoms with van der Waals surface area (Å²) in [5, 5.41) is 21.3. The molecule has 2 amide bonds. The van der Waals surface area contributed by atoms with Gasteiger partial charge in [-0.2, -0.15) is 0 Å². The average molecular weight is 670 g/mol. The molecule has 1 saturated heterocycles. The van der Waals surface area contributed by atoms with Gasteiger partial charge in [-0.25, -0.2) is 8.42 Å². The number of piperidine rings is 1. The standard InChI is InChI=1S/C36H55N5O5S/c1-35(2,3)40-33(43)30-21-26-16-10-11-17-27(26)23-41(30)24-31(42)29(20-25-14-8-7-9-15-25)39-34(44)32(36(4,5)47(6,45)46)38-22-28-18-12-13-19-37-28/h7-9,12-15,18-19,26-27,29-32,38,42H,10-11,16-17,20-24H2,1-6H3,(H,39,44)(H,40,43)/t26-,27?,29?,30-,31+,32+/m0/s1. The highest BCUT2D eigenvalue weighted by molar-refractivity contribution is 7.92. The van der Waals surface area contributed by atoms with Gasteiger partial charge in [0.05, 0.1) is 28.6 Å². The fourth-order valence-corrected chi connectivity index (χ4v) is 7.61. The molecule has 260 valence electrons. The van der Waals surface area contributed by atoms with Gasteiger partial charge in [-0.1, -0.05) is 55.7 Å². The number of nitrogens with zero attached hydrogens (tertiary/aromatic N) is 2. The van der Waals surface area contributed by atoms with Gasteiger partial charge >= 0.3 is 0 Å². The lowest BCUT2D eigenvalue weighted by atomic mass is 9.72. The van der Waals surface area contributed by atoms with E-state index in [4.69, 9.17) is 0 Å². The third kappa shape index (κ3) is 10.1. The molecule has 2 unspecified atom stereocenters. The summed E-state index contributed by atoms with van der Waals surface area (Å²) in [4.78, 5) is 34.2. The topological polar surface area (TPSA) is 141 Å². The first kappa shape index (κ1) is 37.0. The first-order valence-corrected chi connectivity index (χ1v) is 18.9. The number of sulfone groups is 1. The number of aliphatic hydroxyl groups is 1. The number of carbonyl (C=O) groups is 2. The summed E-state index contributed by atoms with van der Waals surface area (Å²) < 4.78 is 24.5. The van der Waals surface area contributed by atoms with Crippen molar-refractivity contribution in [1.82, 2.24) is 25.8 Å². The zero-order valence-electron chi connectivity index (χ0n) is 28.9. The third-order valence-electron chi connectivity index (χ3n) is 9.94. The van der Waals surface area contributed by atoms with E-state index >= 15 is 0 Å². The molecule has 2 aliphatic rings. The van der Waals surface area contributed by atoms with Crippen molar-refractivity contribution in [2.24, 2.45) is 11.8 Å². The molecule has 1 aliphatic heterocycles. The molecule has 1 aromatic carbocycles. The highest BCUT2D eigenvalue weighted by atomic mass is 32.2. The fraction of sp³-hybridized carbons (Fsp3) is 0.639. The van der Waals surface area contributed by atoms with Gasteiger partial charge in [0.2, 0.25) is 11.8 Å². The van der Waals surface area contributed by atoms with E-state index in [9.17, 15) is 23.1 Å². The molecule has 1 aliphatic carbocycles. The number of aromatic nitrogens is 1. The minimum atomic E-state index is -3.69. The number of hydrogen-bond donors (Lipinski definition) is 4. The van der Waals surface area contributed by atoms with E-state index in [1.807, 2.05) is 57.2 Å². The maximum absolute atomic E-state index is 14.1. The molecule has 1 aromatic heterocycles. The Hall–Kier alpha value is -2.86. The molecule has 6 atom stereocenters. The Morgan fingerprint density at radius 2 is 1.66 bits per heavy atom. The van der Waals surface area contributed by atoms with Crippen molar-refractivity contribution in [3.05, 3.63) is 66.0 Å². The largest absolute Gasteiger partial charge is 0.390 e. The lowest BCUT2D eigenvalue weighted by Crippen LogP contribution is -2.63. The minimum absolute atomic E-state index is 0.0361. The van der Waals surface area contributed by atoms with Crippen LogP contribution in [0.15, 0.2) is 54.7 Å². The monoisotopic (exact) mass is 669 g/mol. The normalized spacial score (nSPS) is 22.8. The molecule has 47 heavy (non-hydrogen) atoms. The van der Waals surface area contributed by atoms with Gasteiger partial charge in [0, 0.05) is 37.6 Å². The molecular formula is C36H55N5O5S. The van der Waals surface area contributed by atoms with Crippen molar-refractivity contribution in [3.8, 4) is 0 Å². The summed E-state index contributed by atoms with van der Waals surface area (Å²) in [6.07, 6.45) is 7.41. The lowest BCUT2D eigenvalue weighted by molar-refractivity contribution is -0.133. The predicted octanol–water partition coefficient (Wildman–Crippen LogP) is 3.25. The van der Waals surface area contributed by atoms with Crippen LogP contribution in [0.5, 0.6) is 0 Å². The number of hydrogen-bond acceptors (Lipinski definition) is 8. The highest BCUT2D eigenvalue weighted by Gasteiger charge is 2.45. The molecule has 2 heterocycles. The van der Waals surface area contributed by atoms with Crippen molar-refractivity contribution in [1.29, 1.82) is 0 Å². The quantitative estimate of drug-likeness (QED) is 0.255. The number of pyridine rings is 1. The van der Waals surface area contributed by atoms with E-state index in [0.717, 1.165) is 31.1 Å². The number of likely N-dealkylation sites (tertiary alicyclic amines) is 1. The Bertz CT molecular complexity index is 1430. The van der Waals surface area contributed by atoms with Gasteiger partial charge in [0.25, 0.3) is 0 Å². The molecule has 4 rings (SSSR count). The van der Waals surface area contributed by atoms with Crippen molar-refractivity contribution in [2.75, 3.05) is 19.3 Å². The molecule has 0 bridgehead atoms. The summed E-state index contributed by atoms with van der Waals surface area (Å²) in [5.41, 5.74) is 1.20. The molecule has 2 aromatic rings. The van der Waals surface area contributed by atoms with E-state index in [2.05, 4.69) is 25.8 Å². The molecule has 1 saturated carbocycles. The van der Waals surface area contributed by atoms with Crippen molar-refractivity contribution < 1.29 is 23.1 Å². The first-order valence-electron chi connectivity index (χ1n) is 17.0. The van der Waals surface area contributed by atoms with Gasteiger partial charge < -0.3 is 15.7 Å². The lowest BCUT2D eigenvalue weighted by Gasteiger charge is -2.47. The van der Waals surface area contributed by atoms with Crippen molar-refractivity contribution in [3.63, 3.8) is 0 Å². The molecular weight excluding hydrogens is 614 g/mol. The molecule has 2 fully saturated rings. The van der Waals surface area contributed by atoms with Crippen LogP contribution < -0.4 is 16.0 Å². The molecule has 11 heteroatoms. The maximum atomic E-state index is 14.1. The predicted molar refractivity (Wildman–Crippen MR) is 185 cm³/mol. The number of β-amino-alcohol motifs (C(OH)–C–C–N with tert-alkyl or cyclic N) is 1. The van der Waals surface area contributed by atoms with Crippen LogP contribution in [-0.2, 0) is 32.4 Å². The van der Waals surface area contributed by atoms with Gasteiger partial charge in [-0.3, -0.25) is 24.8 Å². The van der Waals surface area contributed by atoms with Gasteiger partial charge in [0.1, 0.15) is 6.04 Å². The van der Waals surface area contributed by atoms with E-state index in [1.54, 1.807) is 18.3 Å². The highest BCUT2D eigenvalue weighted by Crippen LogP contribution is 2.39. The molecule has 0 radical (unpaired) electrons. The van der Waals surface area contributed by atoms with Crippen LogP contribution in [0, 0.1) is 11.8 Å². The number of benzene rings is 1. The van der Waals surface area contributed by atoms with Gasteiger partial charge in [-0.05, 0) is 83.4 Å². The van der Waals surface area contributed by atoms with Crippen LogP contribution in [0.1, 0.15) is 78.0 Å². The second-order valence-electron chi connectivity index (χ2n) is 15.1. The maximum Gasteiger partial charge on any atom is 0.239 e. The number of rotatable bonds is 13. The number of amides is 2. The number of nitrogens with one attached hydrogen (secondary N) is 3. The van der Waals surface area contributed by atoms with E-state index in [1.165, 1.54) is 26.7 Å². The smallest absolute Gasteiger partial charge is 0.239 e. The number of aliphatic hydroxyl groups excluding tert-OH is 1. The van der Waals surface area contributed by atoms with Crippen LogP contribution in [0.3, 0.4) is 0 Å². The zero-order valence-corrected chi connectivity index (χ0v) is 29.7. The van der Waals surface area contributed by atoms with Crippen molar-refractivity contribution >= 4 is 21.7 Å². The average Bonchev–Trinajstić information content (AvgIpc) is 3.00. The summed E-state index contributed by atoms with van der Waals surface area (Å²) in [6.45, 7) is 10.1. The Kier molecular flexibility index (Phi) is 12.2. The molecule has 0 spiro atoms. The minimum Gasteiger partial charge on any atom is -0.390 e. The summed E-state index contributed by atoms with van der Waals surface area (Å²) in [5.74, 6) is 0.389. The summed E-state index contributed by atoms with van der Waals surface area (Å²) in [7, 11) is -3.69. The first-order chi connectivity index (χ1) is 22.0. The van der Waals surface area contributed by atoms with Crippen LogP contribution in [0.4, 0.5) is 0 Å². The Morgan fingerprint density at radius 3 is 2.28 bits per heavy atom. The van der Waals surface area contributed by atoms with Crippen LogP contribution >= 0.6 is 0 Å². The summed E-state index contributed by atoms with van der Waals surface area (Å²) in [6, 6.07) is 12.8. The van der Waals surface area contributed by atoms with Gasteiger partial charge in [-0.15, -0.1) is 0 Å². The Balaban J connectivity index is 1.60. The van der Waals surface area contributed by atoms with Crippen molar-refractivity contribution in [2.45, 2.75) is 114 Å². The number of carbonyl (C=O) groups excluding carboxylic acids is 2. The SMILES string of the molecule is CC(C)(C)NC(=O)[C@@H]1C[C@@H]2CCCCC2CN1C[C@@H](O)C(Cc1ccccc1)NC(=O)[C@@H](NCc1ccccn1)C(C)(C)S(C)(=O)=O. The van der Waals surface area contributed by atoms with Gasteiger partial charge in [0.15, 0.2) is 9.84 Å². The second-order valence-corrected chi connectivity index (χ2v) is 17.7. The Morgan fingerprint density at radius 1 is 1.00 bits per heavy atom. The van der Waals surface area contributed by atoms with E-state index in [0.29, 0.717) is 30.5 Å². The van der Waals surface area contributed by atoms with E-state index < -0.39 is 44.2 Å². The van der Waals surface area contributed by atoms with Crippen LogP contribution in [0.2, 0.25) is 0 Å². The van der Waals surface area contributed by atoms with Crippen LogP contribution in [0.25, 0.3) is 0 Å². The zero-order chi connectivity index (χ0) is 34.4. The summed E-state index contributed by atoms with van der Waals surface area (Å²) >= 11 is 0. The molecule has 10 nitrogen and oxygen atoms in total.